The number of hydrogen-bond donors (Lipinski definition) is 3. The first-order valence-corrected chi connectivity index (χ1v) is 11.7. The van der Waals surface area contributed by atoms with Crippen molar-refractivity contribution in [3.05, 3.63) is 71.3 Å². The standard InChI is InChI=1S/C27H30N2O6/c1-16(2)11-12-23(26(31)32)28-25(30)24-22(13-14-34-24)29-27(33)35-15-21-19-9-5-3-7-17(19)18-8-4-6-10-20(18)21/h3-11,21-24H,12-15H2,1-2H3,(H,28,30)(H,29,33)(H,31,32)/t22-,23?,24+/m0/s1. The number of rotatable bonds is 8. The molecule has 2 amide bonds. The third kappa shape index (κ3) is 5.54. The van der Waals surface area contributed by atoms with Gasteiger partial charge in [0.15, 0.2) is 6.10 Å². The predicted octanol–water partition coefficient (Wildman–Crippen LogP) is 3.61. The van der Waals surface area contributed by atoms with E-state index < -0.39 is 36.2 Å². The second-order valence-electron chi connectivity index (χ2n) is 9.07. The summed E-state index contributed by atoms with van der Waals surface area (Å²) in [5.41, 5.74) is 5.45. The van der Waals surface area contributed by atoms with Crippen molar-refractivity contribution < 1.29 is 29.0 Å². The van der Waals surface area contributed by atoms with E-state index in [1.807, 2.05) is 50.2 Å². The Hall–Kier alpha value is -3.65. The van der Waals surface area contributed by atoms with Gasteiger partial charge in [0.25, 0.3) is 5.91 Å². The highest BCUT2D eigenvalue weighted by molar-refractivity contribution is 5.87. The molecule has 8 heteroatoms. The van der Waals surface area contributed by atoms with Gasteiger partial charge in [-0.15, -0.1) is 0 Å². The van der Waals surface area contributed by atoms with Gasteiger partial charge in [0.05, 0.1) is 6.04 Å². The first kappa shape index (κ1) is 24.5. The minimum Gasteiger partial charge on any atom is -0.480 e. The normalized spacial score (nSPS) is 19.3. The number of amides is 2. The van der Waals surface area contributed by atoms with Crippen molar-refractivity contribution >= 4 is 18.0 Å². The molecule has 1 heterocycles. The maximum absolute atomic E-state index is 12.7. The molecule has 1 aliphatic carbocycles. The first-order chi connectivity index (χ1) is 16.8. The molecule has 2 aromatic carbocycles. The Labute approximate surface area is 204 Å². The number of aliphatic carboxylic acids is 1. The number of alkyl carbamates (subject to hydrolysis) is 1. The van der Waals surface area contributed by atoms with Crippen LogP contribution in [0, 0.1) is 0 Å². The monoisotopic (exact) mass is 478 g/mol. The maximum Gasteiger partial charge on any atom is 0.407 e. The zero-order valence-corrected chi connectivity index (χ0v) is 19.8. The Bertz CT molecular complexity index is 1090. The van der Waals surface area contributed by atoms with Crippen LogP contribution in [-0.2, 0) is 19.1 Å². The van der Waals surface area contributed by atoms with E-state index in [4.69, 9.17) is 9.47 Å². The summed E-state index contributed by atoms with van der Waals surface area (Å²) in [6.45, 7) is 4.15. The van der Waals surface area contributed by atoms with Gasteiger partial charge in [-0.25, -0.2) is 9.59 Å². The summed E-state index contributed by atoms with van der Waals surface area (Å²) >= 11 is 0. The van der Waals surface area contributed by atoms with Gasteiger partial charge in [-0.2, -0.15) is 0 Å². The van der Waals surface area contributed by atoms with E-state index in [1.165, 1.54) is 0 Å². The summed E-state index contributed by atoms with van der Waals surface area (Å²) < 4.78 is 11.1. The van der Waals surface area contributed by atoms with Gasteiger partial charge in [-0.1, -0.05) is 60.2 Å². The first-order valence-electron chi connectivity index (χ1n) is 11.7. The third-order valence-corrected chi connectivity index (χ3v) is 6.37. The number of ether oxygens (including phenoxy) is 2. The molecule has 3 atom stereocenters. The molecule has 35 heavy (non-hydrogen) atoms. The number of benzene rings is 2. The van der Waals surface area contributed by atoms with Gasteiger partial charge in [0, 0.05) is 12.5 Å². The van der Waals surface area contributed by atoms with E-state index >= 15 is 0 Å². The van der Waals surface area contributed by atoms with E-state index in [9.17, 15) is 19.5 Å². The molecule has 0 radical (unpaired) electrons. The topological polar surface area (TPSA) is 114 Å². The molecule has 1 unspecified atom stereocenters. The molecule has 0 aromatic heterocycles. The number of carbonyl (C=O) groups is 3. The smallest absolute Gasteiger partial charge is 0.407 e. The highest BCUT2D eigenvalue weighted by Gasteiger charge is 2.37. The van der Waals surface area contributed by atoms with E-state index in [1.54, 1.807) is 6.08 Å². The van der Waals surface area contributed by atoms with Crippen LogP contribution in [0.5, 0.6) is 0 Å². The zero-order valence-electron chi connectivity index (χ0n) is 19.8. The van der Waals surface area contributed by atoms with Crippen LogP contribution in [-0.4, -0.2) is 54.5 Å². The van der Waals surface area contributed by atoms with Crippen LogP contribution in [0.3, 0.4) is 0 Å². The maximum atomic E-state index is 12.7. The van der Waals surface area contributed by atoms with Gasteiger partial charge in [-0.05, 0) is 48.9 Å². The Balaban J connectivity index is 1.35. The predicted molar refractivity (Wildman–Crippen MR) is 130 cm³/mol. The molecule has 4 rings (SSSR count). The summed E-state index contributed by atoms with van der Waals surface area (Å²) in [5, 5.41) is 14.7. The minimum absolute atomic E-state index is 0.0709. The zero-order chi connectivity index (χ0) is 24.9. The summed E-state index contributed by atoms with van der Waals surface area (Å²) in [6, 6.07) is 14.5. The number of carbonyl (C=O) groups excluding carboxylic acids is 2. The van der Waals surface area contributed by atoms with Crippen molar-refractivity contribution in [2.45, 2.75) is 50.8 Å². The molecule has 8 nitrogen and oxygen atoms in total. The number of allylic oxidation sites excluding steroid dienone is 1. The van der Waals surface area contributed by atoms with Crippen LogP contribution in [0.1, 0.15) is 43.7 Å². The number of fused-ring (bicyclic) bond motifs is 3. The van der Waals surface area contributed by atoms with Gasteiger partial charge in [-0.3, -0.25) is 4.79 Å². The average molecular weight is 479 g/mol. The molecular formula is C27H30N2O6. The van der Waals surface area contributed by atoms with E-state index in [0.717, 1.165) is 27.8 Å². The molecule has 2 aliphatic rings. The van der Waals surface area contributed by atoms with Gasteiger partial charge < -0.3 is 25.2 Å². The van der Waals surface area contributed by atoms with Crippen LogP contribution in [0.4, 0.5) is 4.79 Å². The average Bonchev–Trinajstić information content (AvgIpc) is 3.42. The number of carboxylic acids is 1. The molecule has 1 fully saturated rings. The second-order valence-corrected chi connectivity index (χ2v) is 9.07. The quantitative estimate of drug-likeness (QED) is 0.500. The number of carboxylic acid groups (broad SMARTS) is 1. The van der Waals surface area contributed by atoms with Crippen LogP contribution in [0.2, 0.25) is 0 Å². The Morgan fingerprint density at radius 1 is 1.09 bits per heavy atom. The fourth-order valence-electron chi connectivity index (χ4n) is 4.62. The second kappa shape index (κ2) is 10.7. The third-order valence-electron chi connectivity index (χ3n) is 6.37. The lowest BCUT2D eigenvalue weighted by Gasteiger charge is -2.22. The SMILES string of the molecule is CC(C)=CCC(NC(=O)[C@@H]1OCC[C@@H]1NC(=O)OCC1c2ccccc2-c2ccccc21)C(=O)O. The largest absolute Gasteiger partial charge is 0.480 e. The fourth-order valence-corrected chi connectivity index (χ4v) is 4.62. The molecule has 0 spiro atoms. The highest BCUT2D eigenvalue weighted by Crippen LogP contribution is 2.44. The lowest BCUT2D eigenvalue weighted by molar-refractivity contribution is -0.143. The van der Waals surface area contributed by atoms with Crippen LogP contribution < -0.4 is 10.6 Å². The van der Waals surface area contributed by atoms with Crippen LogP contribution in [0.25, 0.3) is 11.1 Å². The molecule has 0 saturated carbocycles. The Morgan fingerprint density at radius 3 is 2.31 bits per heavy atom. The van der Waals surface area contributed by atoms with Crippen molar-refractivity contribution in [3.63, 3.8) is 0 Å². The lowest BCUT2D eigenvalue weighted by atomic mass is 9.98. The molecule has 184 valence electrons. The summed E-state index contributed by atoms with van der Waals surface area (Å²) in [4.78, 5) is 36.9. The van der Waals surface area contributed by atoms with Crippen LogP contribution in [0.15, 0.2) is 60.2 Å². The van der Waals surface area contributed by atoms with Crippen molar-refractivity contribution in [2.24, 2.45) is 0 Å². The molecule has 2 aromatic rings. The van der Waals surface area contributed by atoms with Crippen molar-refractivity contribution in [3.8, 4) is 11.1 Å². The molecular weight excluding hydrogens is 448 g/mol. The van der Waals surface area contributed by atoms with Gasteiger partial charge in [0.2, 0.25) is 0 Å². The number of hydrogen-bond acceptors (Lipinski definition) is 5. The number of nitrogens with one attached hydrogen (secondary N) is 2. The highest BCUT2D eigenvalue weighted by atomic mass is 16.6. The Kier molecular flexibility index (Phi) is 7.51. The summed E-state index contributed by atoms with van der Waals surface area (Å²) in [5.74, 6) is -1.77. The summed E-state index contributed by atoms with van der Waals surface area (Å²) in [6.07, 6.45) is 0.721. The van der Waals surface area contributed by atoms with Gasteiger partial charge >= 0.3 is 12.1 Å². The van der Waals surface area contributed by atoms with E-state index in [0.29, 0.717) is 6.42 Å². The fraction of sp³-hybridized carbons (Fsp3) is 0.370. The molecule has 1 saturated heterocycles. The van der Waals surface area contributed by atoms with E-state index in [-0.39, 0.29) is 25.6 Å². The molecule has 3 N–H and O–H groups in total. The van der Waals surface area contributed by atoms with E-state index in [2.05, 4.69) is 22.8 Å². The summed E-state index contributed by atoms with van der Waals surface area (Å²) in [7, 11) is 0. The Morgan fingerprint density at radius 2 is 1.71 bits per heavy atom. The van der Waals surface area contributed by atoms with Crippen molar-refractivity contribution in [1.29, 1.82) is 0 Å². The minimum atomic E-state index is -1.13. The lowest BCUT2D eigenvalue weighted by Crippen LogP contribution is -2.52. The van der Waals surface area contributed by atoms with Crippen molar-refractivity contribution in [2.75, 3.05) is 13.2 Å². The molecule has 1 aliphatic heterocycles. The van der Waals surface area contributed by atoms with Crippen LogP contribution >= 0.6 is 0 Å². The molecule has 0 bridgehead atoms. The van der Waals surface area contributed by atoms with Gasteiger partial charge in [0.1, 0.15) is 12.6 Å². The van der Waals surface area contributed by atoms with Crippen molar-refractivity contribution in [1.82, 2.24) is 10.6 Å².